The van der Waals surface area contributed by atoms with Crippen molar-refractivity contribution in [3.05, 3.63) is 0 Å². The maximum absolute atomic E-state index is 6.15. The van der Waals surface area contributed by atoms with E-state index in [2.05, 4.69) is 12.4 Å². The maximum Gasteiger partial charge on any atom is 0.0313 e. The Labute approximate surface area is 68.5 Å². The third-order valence-corrected chi connectivity index (χ3v) is 3.38. The van der Waals surface area contributed by atoms with Gasteiger partial charge in [-0.25, -0.2) is 0 Å². The third kappa shape index (κ3) is 1.18. The van der Waals surface area contributed by atoms with Gasteiger partial charge in [-0.2, -0.15) is 0 Å². The molecule has 64 valence electrons. The largest absolute Gasteiger partial charge is 0.324 e. The Bertz CT molecular complexity index is 148. The Morgan fingerprint density at radius 3 is 2.36 bits per heavy atom. The third-order valence-electron chi connectivity index (χ3n) is 3.38. The summed E-state index contributed by atoms with van der Waals surface area (Å²) in [5, 5.41) is 3.38. The topological polar surface area (TPSA) is 38.0 Å². The standard InChI is InChI=1S/C9H18N2/c1-11-8(7-3-2-4-7)9(10)5-6-9/h7-8,11H,2-6,10H2,1H3. The van der Waals surface area contributed by atoms with Gasteiger partial charge < -0.3 is 11.1 Å². The Morgan fingerprint density at radius 1 is 1.45 bits per heavy atom. The minimum atomic E-state index is 0.180. The average molecular weight is 154 g/mol. The van der Waals surface area contributed by atoms with E-state index in [-0.39, 0.29) is 5.54 Å². The number of nitrogens with two attached hydrogens (primary N) is 1. The second-order valence-corrected chi connectivity index (χ2v) is 4.19. The molecular weight excluding hydrogens is 136 g/mol. The van der Waals surface area contributed by atoms with Crippen LogP contribution in [0.25, 0.3) is 0 Å². The highest BCUT2D eigenvalue weighted by atomic mass is 15.0. The molecule has 0 aromatic carbocycles. The maximum atomic E-state index is 6.15. The number of hydrogen-bond donors (Lipinski definition) is 2. The lowest BCUT2D eigenvalue weighted by Gasteiger charge is -2.37. The Kier molecular flexibility index (Phi) is 1.69. The van der Waals surface area contributed by atoms with E-state index in [1.54, 1.807) is 0 Å². The molecule has 0 spiro atoms. The zero-order valence-electron chi connectivity index (χ0n) is 7.27. The van der Waals surface area contributed by atoms with Gasteiger partial charge in [0.2, 0.25) is 0 Å². The first-order valence-electron chi connectivity index (χ1n) is 4.72. The van der Waals surface area contributed by atoms with Crippen LogP contribution in [-0.4, -0.2) is 18.6 Å². The van der Waals surface area contributed by atoms with E-state index in [0.717, 1.165) is 5.92 Å². The summed E-state index contributed by atoms with van der Waals surface area (Å²) in [5.41, 5.74) is 6.33. The fourth-order valence-electron chi connectivity index (χ4n) is 2.22. The molecule has 11 heavy (non-hydrogen) atoms. The lowest BCUT2D eigenvalue weighted by Crippen LogP contribution is -2.52. The number of hydrogen-bond acceptors (Lipinski definition) is 2. The monoisotopic (exact) mass is 154 g/mol. The van der Waals surface area contributed by atoms with Crippen LogP contribution < -0.4 is 11.1 Å². The molecule has 0 aromatic rings. The molecule has 0 aromatic heterocycles. The number of nitrogens with one attached hydrogen (secondary N) is 1. The molecule has 2 heteroatoms. The van der Waals surface area contributed by atoms with Gasteiger partial charge in [0.15, 0.2) is 0 Å². The van der Waals surface area contributed by atoms with E-state index in [1.165, 1.54) is 32.1 Å². The van der Waals surface area contributed by atoms with Crippen LogP contribution in [0, 0.1) is 5.92 Å². The van der Waals surface area contributed by atoms with Gasteiger partial charge in [-0.3, -0.25) is 0 Å². The predicted octanol–water partition coefficient (Wildman–Crippen LogP) is 0.866. The molecule has 0 bridgehead atoms. The van der Waals surface area contributed by atoms with E-state index in [0.29, 0.717) is 6.04 Å². The summed E-state index contributed by atoms with van der Waals surface area (Å²) >= 11 is 0. The second-order valence-electron chi connectivity index (χ2n) is 4.19. The van der Waals surface area contributed by atoms with Crippen molar-refractivity contribution < 1.29 is 0 Å². The Hall–Kier alpha value is -0.0800. The zero-order chi connectivity index (χ0) is 7.90. The van der Waals surface area contributed by atoms with Gasteiger partial charge in [0.05, 0.1) is 0 Å². The molecule has 3 N–H and O–H groups in total. The van der Waals surface area contributed by atoms with Crippen LogP contribution >= 0.6 is 0 Å². The fraction of sp³-hybridized carbons (Fsp3) is 1.00. The molecule has 2 saturated carbocycles. The highest BCUT2D eigenvalue weighted by Gasteiger charge is 2.49. The molecule has 2 aliphatic carbocycles. The Morgan fingerprint density at radius 2 is 2.09 bits per heavy atom. The molecular formula is C9H18N2. The molecule has 0 amide bonds. The molecule has 1 atom stereocenters. The molecule has 0 aliphatic heterocycles. The van der Waals surface area contributed by atoms with Crippen LogP contribution in [0.3, 0.4) is 0 Å². The van der Waals surface area contributed by atoms with Crippen molar-refractivity contribution in [1.29, 1.82) is 0 Å². The van der Waals surface area contributed by atoms with Gasteiger partial charge >= 0.3 is 0 Å². The summed E-state index contributed by atoms with van der Waals surface area (Å²) in [6.07, 6.45) is 6.66. The second kappa shape index (κ2) is 2.46. The lowest BCUT2D eigenvalue weighted by molar-refractivity contribution is 0.204. The summed E-state index contributed by atoms with van der Waals surface area (Å²) in [6, 6.07) is 0.608. The van der Waals surface area contributed by atoms with E-state index in [1.807, 2.05) is 0 Å². The summed E-state index contributed by atoms with van der Waals surface area (Å²) < 4.78 is 0. The lowest BCUT2D eigenvalue weighted by atomic mass is 9.76. The molecule has 1 unspecified atom stereocenters. The molecule has 2 nitrogen and oxygen atoms in total. The van der Waals surface area contributed by atoms with E-state index < -0.39 is 0 Å². The quantitative estimate of drug-likeness (QED) is 0.633. The van der Waals surface area contributed by atoms with Crippen molar-refractivity contribution in [1.82, 2.24) is 5.32 Å². The van der Waals surface area contributed by atoms with Crippen LogP contribution in [0.1, 0.15) is 32.1 Å². The summed E-state index contributed by atoms with van der Waals surface area (Å²) in [5.74, 6) is 0.882. The van der Waals surface area contributed by atoms with Crippen LogP contribution in [0.2, 0.25) is 0 Å². The van der Waals surface area contributed by atoms with Gasteiger partial charge in [0.25, 0.3) is 0 Å². The summed E-state index contributed by atoms with van der Waals surface area (Å²) in [6.45, 7) is 0. The van der Waals surface area contributed by atoms with Crippen LogP contribution in [0.5, 0.6) is 0 Å². The van der Waals surface area contributed by atoms with Gasteiger partial charge in [0, 0.05) is 11.6 Å². The predicted molar refractivity (Wildman–Crippen MR) is 46.3 cm³/mol. The van der Waals surface area contributed by atoms with Crippen molar-refractivity contribution in [2.75, 3.05) is 7.05 Å². The van der Waals surface area contributed by atoms with Gasteiger partial charge in [-0.15, -0.1) is 0 Å². The van der Waals surface area contributed by atoms with E-state index in [4.69, 9.17) is 5.73 Å². The first-order valence-corrected chi connectivity index (χ1v) is 4.72. The SMILES string of the molecule is CNC(C1CCC1)C1(N)CC1. The molecule has 2 rings (SSSR count). The average Bonchev–Trinajstić information content (AvgIpc) is 2.59. The Balaban J connectivity index is 1.94. The van der Waals surface area contributed by atoms with Gasteiger partial charge in [-0.05, 0) is 38.6 Å². The number of likely N-dealkylation sites (N-methyl/N-ethyl adjacent to an activating group) is 1. The molecule has 2 fully saturated rings. The fourth-order valence-corrected chi connectivity index (χ4v) is 2.22. The first kappa shape index (κ1) is 7.56. The van der Waals surface area contributed by atoms with Gasteiger partial charge in [-0.1, -0.05) is 6.42 Å². The van der Waals surface area contributed by atoms with Crippen LogP contribution in [0.4, 0.5) is 0 Å². The van der Waals surface area contributed by atoms with Crippen molar-refractivity contribution in [3.63, 3.8) is 0 Å². The van der Waals surface area contributed by atoms with Crippen molar-refractivity contribution >= 4 is 0 Å². The smallest absolute Gasteiger partial charge is 0.0313 e. The van der Waals surface area contributed by atoms with Crippen molar-refractivity contribution in [2.24, 2.45) is 11.7 Å². The van der Waals surface area contributed by atoms with Crippen LogP contribution in [0.15, 0.2) is 0 Å². The van der Waals surface area contributed by atoms with Crippen molar-refractivity contribution in [2.45, 2.75) is 43.7 Å². The minimum Gasteiger partial charge on any atom is -0.324 e. The van der Waals surface area contributed by atoms with Gasteiger partial charge in [0.1, 0.15) is 0 Å². The molecule has 2 aliphatic rings. The number of rotatable bonds is 3. The summed E-state index contributed by atoms with van der Waals surface area (Å²) in [4.78, 5) is 0. The van der Waals surface area contributed by atoms with Crippen molar-refractivity contribution in [3.8, 4) is 0 Å². The first-order chi connectivity index (χ1) is 5.26. The normalized spacial score (nSPS) is 31.1. The summed E-state index contributed by atoms with van der Waals surface area (Å²) in [7, 11) is 2.05. The van der Waals surface area contributed by atoms with E-state index >= 15 is 0 Å². The molecule has 0 heterocycles. The zero-order valence-corrected chi connectivity index (χ0v) is 7.27. The highest BCUT2D eigenvalue weighted by molar-refractivity contribution is 5.10. The minimum absolute atomic E-state index is 0.180. The molecule has 0 saturated heterocycles. The van der Waals surface area contributed by atoms with Crippen LogP contribution in [-0.2, 0) is 0 Å². The molecule has 0 radical (unpaired) electrons. The highest BCUT2D eigenvalue weighted by Crippen LogP contribution is 2.43. The van der Waals surface area contributed by atoms with E-state index in [9.17, 15) is 0 Å².